The van der Waals surface area contributed by atoms with Crippen molar-refractivity contribution in [1.29, 1.82) is 0 Å². The third-order valence-electron chi connectivity index (χ3n) is 5.52. The molecule has 0 bridgehead atoms. The predicted octanol–water partition coefficient (Wildman–Crippen LogP) is 4.36. The zero-order chi connectivity index (χ0) is 21.4. The van der Waals surface area contributed by atoms with Crippen molar-refractivity contribution >= 4 is 29.1 Å². The molecule has 1 saturated heterocycles. The van der Waals surface area contributed by atoms with E-state index in [1.165, 1.54) is 0 Å². The number of hydrogen-bond donors (Lipinski definition) is 3. The van der Waals surface area contributed by atoms with Gasteiger partial charge in [0.1, 0.15) is 11.4 Å². The van der Waals surface area contributed by atoms with Crippen molar-refractivity contribution in [2.75, 3.05) is 29.0 Å². The number of rotatable bonds is 2. The van der Waals surface area contributed by atoms with Gasteiger partial charge in [-0.3, -0.25) is 4.99 Å². The van der Waals surface area contributed by atoms with Crippen LogP contribution >= 0.6 is 0 Å². The van der Waals surface area contributed by atoms with Gasteiger partial charge in [0.15, 0.2) is 5.82 Å². The van der Waals surface area contributed by atoms with Crippen molar-refractivity contribution in [3.8, 4) is 0 Å². The molecule has 3 N–H and O–H groups in total. The van der Waals surface area contributed by atoms with Crippen LogP contribution < -0.4 is 16.0 Å². The fourth-order valence-corrected chi connectivity index (χ4v) is 4.05. The summed E-state index contributed by atoms with van der Waals surface area (Å²) in [5, 5.41) is 10.2. The number of pyridine rings is 1. The number of urea groups is 1. The highest BCUT2D eigenvalue weighted by Gasteiger charge is 2.47. The Morgan fingerprint density at radius 1 is 1.27 bits per heavy atom. The van der Waals surface area contributed by atoms with Crippen molar-refractivity contribution in [1.82, 2.24) is 9.88 Å². The molecule has 1 fully saturated rings. The van der Waals surface area contributed by atoms with Gasteiger partial charge in [-0.2, -0.15) is 0 Å². The van der Waals surface area contributed by atoms with Crippen LogP contribution in [0, 0.1) is 0 Å². The Morgan fingerprint density at radius 3 is 2.83 bits per heavy atom. The number of aromatic nitrogens is 1. The molecule has 2 aromatic rings. The molecule has 1 atom stereocenters. The highest BCUT2D eigenvalue weighted by Crippen LogP contribution is 2.36. The molecule has 0 aliphatic carbocycles. The van der Waals surface area contributed by atoms with Crippen molar-refractivity contribution in [2.24, 2.45) is 4.99 Å². The molecular weight excluding hydrogens is 376 g/mol. The summed E-state index contributed by atoms with van der Waals surface area (Å²) in [6, 6.07) is 11.8. The SMILES string of the molecule is CCc1ccccc1NC(=O)N1CC[C@]2(C1)Nc1cccnc1NC2=NC(C)(C)C. The number of amides is 2. The molecule has 2 amide bonds. The number of aliphatic imine (C=N–C) groups is 1. The van der Waals surface area contributed by atoms with Gasteiger partial charge in [0.2, 0.25) is 0 Å². The van der Waals surface area contributed by atoms with Crippen molar-refractivity contribution in [2.45, 2.75) is 51.6 Å². The van der Waals surface area contributed by atoms with E-state index in [2.05, 4.69) is 48.6 Å². The summed E-state index contributed by atoms with van der Waals surface area (Å²) < 4.78 is 0. The summed E-state index contributed by atoms with van der Waals surface area (Å²) in [5.74, 6) is 1.61. The smallest absolute Gasteiger partial charge is 0.321 e. The van der Waals surface area contributed by atoms with Crippen LogP contribution in [0.15, 0.2) is 47.6 Å². The lowest BCUT2D eigenvalue weighted by atomic mass is 9.93. The van der Waals surface area contributed by atoms with Crippen LogP contribution in [0.2, 0.25) is 0 Å². The first kappa shape index (κ1) is 20.2. The molecule has 1 spiro atoms. The monoisotopic (exact) mass is 406 g/mol. The summed E-state index contributed by atoms with van der Waals surface area (Å²) in [7, 11) is 0. The third kappa shape index (κ3) is 3.97. The Morgan fingerprint density at radius 2 is 2.07 bits per heavy atom. The second-order valence-corrected chi connectivity index (χ2v) is 8.98. The minimum atomic E-state index is -0.453. The van der Waals surface area contributed by atoms with E-state index in [0.29, 0.717) is 13.1 Å². The number of amidine groups is 1. The average molecular weight is 407 g/mol. The van der Waals surface area contributed by atoms with E-state index in [4.69, 9.17) is 4.99 Å². The molecule has 0 saturated carbocycles. The van der Waals surface area contributed by atoms with Gasteiger partial charge in [0.25, 0.3) is 0 Å². The van der Waals surface area contributed by atoms with E-state index in [1.54, 1.807) is 6.20 Å². The molecule has 3 heterocycles. The number of nitrogens with zero attached hydrogens (tertiary/aromatic N) is 3. The summed E-state index contributed by atoms with van der Waals surface area (Å²) in [5.41, 5.74) is 2.24. The van der Waals surface area contributed by atoms with Crippen LogP contribution in [0.25, 0.3) is 0 Å². The Labute approximate surface area is 178 Å². The zero-order valence-electron chi connectivity index (χ0n) is 18.1. The number of anilines is 3. The van der Waals surface area contributed by atoms with Gasteiger partial charge in [0.05, 0.1) is 17.8 Å². The highest BCUT2D eigenvalue weighted by atomic mass is 16.2. The topological polar surface area (TPSA) is 81.7 Å². The summed E-state index contributed by atoms with van der Waals surface area (Å²) in [6.07, 6.45) is 3.41. The standard InChI is InChI=1S/C23H30N6O/c1-5-16-9-6-7-10-17(16)25-21(30)29-14-12-23(15-29)20(28-22(2,3)4)26-19-18(27-23)11-8-13-24-19/h6-11,13,27H,5,12,14-15H2,1-4H3,(H,25,30)(H,24,26,28)/t23-/m1/s1. The van der Waals surface area contributed by atoms with E-state index in [9.17, 15) is 4.79 Å². The Balaban J connectivity index is 1.59. The molecular formula is C23H30N6O. The van der Waals surface area contributed by atoms with Gasteiger partial charge in [0, 0.05) is 18.4 Å². The normalized spacial score (nSPS) is 21.9. The lowest BCUT2D eigenvalue weighted by molar-refractivity contribution is 0.221. The van der Waals surface area contributed by atoms with Gasteiger partial charge in [-0.1, -0.05) is 25.1 Å². The molecule has 7 nitrogen and oxygen atoms in total. The van der Waals surface area contributed by atoms with Crippen molar-refractivity contribution < 1.29 is 4.79 Å². The summed E-state index contributed by atoms with van der Waals surface area (Å²) >= 11 is 0. The fourth-order valence-electron chi connectivity index (χ4n) is 4.05. The third-order valence-corrected chi connectivity index (χ3v) is 5.52. The molecule has 0 radical (unpaired) electrons. The number of hydrogen-bond acceptors (Lipinski definition) is 4. The Bertz CT molecular complexity index is 980. The maximum Gasteiger partial charge on any atom is 0.321 e. The quantitative estimate of drug-likeness (QED) is 0.692. The van der Waals surface area contributed by atoms with Gasteiger partial charge < -0.3 is 20.9 Å². The summed E-state index contributed by atoms with van der Waals surface area (Å²) in [4.78, 5) is 24.3. The lowest BCUT2D eigenvalue weighted by Gasteiger charge is -2.39. The van der Waals surface area contributed by atoms with E-state index in [-0.39, 0.29) is 11.6 Å². The first-order chi connectivity index (χ1) is 14.3. The summed E-state index contributed by atoms with van der Waals surface area (Å²) in [6.45, 7) is 9.49. The number of aryl methyl sites for hydroxylation is 1. The maximum absolute atomic E-state index is 13.1. The van der Waals surface area contributed by atoms with Crippen molar-refractivity contribution in [3.05, 3.63) is 48.2 Å². The van der Waals surface area contributed by atoms with Crippen LogP contribution in [0.1, 0.15) is 39.7 Å². The van der Waals surface area contributed by atoms with Crippen LogP contribution in [-0.4, -0.2) is 45.9 Å². The molecule has 158 valence electrons. The molecule has 7 heteroatoms. The molecule has 1 aromatic heterocycles. The molecule has 1 aromatic carbocycles. The Hall–Kier alpha value is -3.09. The number of carbonyl (C=O) groups is 1. The number of carbonyl (C=O) groups excluding carboxylic acids is 1. The first-order valence-corrected chi connectivity index (χ1v) is 10.5. The minimum absolute atomic E-state index is 0.0818. The predicted molar refractivity (Wildman–Crippen MR) is 122 cm³/mol. The van der Waals surface area contributed by atoms with Gasteiger partial charge in [-0.25, -0.2) is 9.78 Å². The number of likely N-dealkylation sites (tertiary alicyclic amines) is 1. The average Bonchev–Trinajstić information content (AvgIpc) is 3.13. The second kappa shape index (κ2) is 7.63. The largest absolute Gasteiger partial charge is 0.368 e. The van der Waals surface area contributed by atoms with Gasteiger partial charge in [-0.15, -0.1) is 0 Å². The molecule has 0 unspecified atom stereocenters. The maximum atomic E-state index is 13.1. The lowest BCUT2D eigenvalue weighted by Crippen LogP contribution is -2.55. The van der Waals surface area contributed by atoms with Crippen LogP contribution in [0.5, 0.6) is 0 Å². The number of nitrogens with one attached hydrogen (secondary N) is 3. The van der Waals surface area contributed by atoms with E-state index >= 15 is 0 Å². The second-order valence-electron chi connectivity index (χ2n) is 8.98. The van der Waals surface area contributed by atoms with Gasteiger partial charge in [-0.05, 0) is 57.4 Å². The first-order valence-electron chi connectivity index (χ1n) is 10.5. The van der Waals surface area contributed by atoms with E-state index < -0.39 is 5.54 Å². The number of benzene rings is 1. The molecule has 2 aliphatic rings. The van der Waals surface area contributed by atoms with Gasteiger partial charge >= 0.3 is 6.03 Å². The molecule has 4 rings (SSSR count). The minimum Gasteiger partial charge on any atom is -0.368 e. The number of fused-ring (bicyclic) bond motifs is 1. The van der Waals surface area contributed by atoms with E-state index in [0.717, 1.165) is 41.4 Å². The fraction of sp³-hybridized carbons (Fsp3) is 0.435. The van der Waals surface area contributed by atoms with E-state index in [1.807, 2.05) is 41.3 Å². The van der Waals surface area contributed by atoms with Crippen LogP contribution in [0.4, 0.5) is 22.0 Å². The van der Waals surface area contributed by atoms with Crippen LogP contribution in [0.3, 0.4) is 0 Å². The van der Waals surface area contributed by atoms with Crippen LogP contribution in [-0.2, 0) is 6.42 Å². The van der Waals surface area contributed by atoms with Crippen molar-refractivity contribution in [3.63, 3.8) is 0 Å². The molecule has 30 heavy (non-hydrogen) atoms. The highest BCUT2D eigenvalue weighted by molar-refractivity contribution is 6.09. The zero-order valence-corrected chi connectivity index (χ0v) is 18.1. The number of para-hydroxylation sites is 1. The Kier molecular flexibility index (Phi) is 5.13. The molecule has 2 aliphatic heterocycles.